The summed E-state index contributed by atoms with van der Waals surface area (Å²) in [5.74, 6) is 0.810. The van der Waals surface area contributed by atoms with Gasteiger partial charge in [-0.1, -0.05) is 0 Å². The second kappa shape index (κ2) is 8.13. The molecule has 7 heteroatoms. The molecule has 0 spiro atoms. The molecule has 0 aliphatic carbocycles. The summed E-state index contributed by atoms with van der Waals surface area (Å²) in [6.45, 7) is 2.51. The lowest BCUT2D eigenvalue weighted by atomic mass is 9.90. The van der Waals surface area contributed by atoms with Gasteiger partial charge in [-0.05, 0) is 29.8 Å². The predicted octanol–water partition coefficient (Wildman–Crippen LogP) is 1.39. The highest BCUT2D eigenvalue weighted by Gasteiger charge is 2.34. The summed E-state index contributed by atoms with van der Waals surface area (Å²) in [5, 5.41) is 10.5. The van der Waals surface area contributed by atoms with Crippen LogP contribution in [0.15, 0.2) is 36.7 Å². The molecule has 1 aliphatic heterocycles. The monoisotopic (exact) mass is 344 g/mol. The van der Waals surface area contributed by atoms with Crippen LogP contribution in [0, 0.1) is 5.92 Å². The molecule has 2 aromatic rings. The number of aromatic nitrogens is 2. The number of carbonyl (C=O) groups excluding carboxylic acids is 1. The molecule has 1 saturated heterocycles. The number of anilines is 1. The van der Waals surface area contributed by atoms with Gasteiger partial charge in [0.25, 0.3) is 0 Å². The van der Waals surface area contributed by atoms with Crippen molar-refractivity contribution >= 4 is 11.6 Å². The number of amides is 1. The number of hydrogen-bond donors (Lipinski definition) is 2. The van der Waals surface area contributed by atoms with Gasteiger partial charge in [0, 0.05) is 45.0 Å². The van der Waals surface area contributed by atoms with Crippen molar-refractivity contribution in [1.29, 1.82) is 0 Å². The first-order chi connectivity index (χ1) is 12.2. The average molecular weight is 344 g/mol. The average Bonchev–Trinajstić information content (AvgIpc) is 3.25. The molecule has 1 aromatic carbocycles. The van der Waals surface area contributed by atoms with Crippen molar-refractivity contribution in [2.45, 2.75) is 5.92 Å². The molecule has 0 unspecified atom stereocenters. The van der Waals surface area contributed by atoms with Crippen molar-refractivity contribution in [2.75, 3.05) is 38.7 Å². The summed E-state index contributed by atoms with van der Waals surface area (Å²) in [6, 6.07) is 7.39. The van der Waals surface area contributed by atoms with Crippen LogP contribution in [0.1, 0.15) is 11.5 Å². The Bertz CT molecular complexity index is 699. The van der Waals surface area contributed by atoms with Crippen molar-refractivity contribution < 1.29 is 14.3 Å². The number of methoxy groups -OCH3 is 1. The maximum Gasteiger partial charge on any atom is 0.229 e. The molecule has 1 aliphatic rings. The Hall–Kier alpha value is -2.38. The fourth-order valence-electron chi connectivity index (χ4n) is 3.05. The SMILES string of the molecule is COCCOc1ccc(NC(=O)[C@H]2CNC[C@@H]2c2cnn(C)c2)cc1. The van der Waals surface area contributed by atoms with E-state index < -0.39 is 0 Å². The van der Waals surface area contributed by atoms with Crippen LogP contribution < -0.4 is 15.4 Å². The van der Waals surface area contributed by atoms with E-state index in [1.807, 2.05) is 43.7 Å². The highest BCUT2D eigenvalue weighted by atomic mass is 16.5. The fraction of sp³-hybridized carbons (Fsp3) is 0.444. The maximum absolute atomic E-state index is 12.7. The van der Waals surface area contributed by atoms with Gasteiger partial charge >= 0.3 is 0 Å². The Morgan fingerprint density at radius 2 is 2.12 bits per heavy atom. The van der Waals surface area contributed by atoms with Crippen molar-refractivity contribution in [1.82, 2.24) is 15.1 Å². The smallest absolute Gasteiger partial charge is 0.229 e. The van der Waals surface area contributed by atoms with E-state index in [9.17, 15) is 4.79 Å². The van der Waals surface area contributed by atoms with E-state index in [2.05, 4.69) is 15.7 Å². The van der Waals surface area contributed by atoms with Crippen LogP contribution in [0.5, 0.6) is 5.75 Å². The fourth-order valence-corrected chi connectivity index (χ4v) is 3.05. The van der Waals surface area contributed by atoms with Crippen LogP contribution in [0.25, 0.3) is 0 Å². The van der Waals surface area contributed by atoms with Gasteiger partial charge in [-0.25, -0.2) is 0 Å². The first-order valence-corrected chi connectivity index (χ1v) is 8.39. The number of nitrogens with one attached hydrogen (secondary N) is 2. The molecule has 2 heterocycles. The van der Waals surface area contributed by atoms with E-state index in [0.717, 1.165) is 23.5 Å². The Morgan fingerprint density at radius 1 is 1.32 bits per heavy atom. The first kappa shape index (κ1) is 17.4. The Balaban J connectivity index is 1.59. The number of ether oxygens (including phenoxy) is 2. The van der Waals surface area contributed by atoms with Crippen LogP contribution in [-0.2, 0) is 16.6 Å². The van der Waals surface area contributed by atoms with Crippen molar-refractivity contribution in [3.05, 3.63) is 42.2 Å². The van der Waals surface area contributed by atoms with Gasteiger partial charge in [-0.2, -0.15) is 5.10 Å². The van der Waals surface area contributed by atoms with Gasteiger partial charge in [-0.15, -0.1) is 0 Å². The van der Waals surface area contributed by atoms with Gasteiger partial charge in [0.05, 0.1) is 18.7 Å². The molecule has 1 fully saturated rings. The number of aryl methyl sites for hydroxylation is 1. The number of carbonyl (C=O) groups is 1. The van der Waals surface area contributed by atoms with E-state index in [1.165, 1.54) is 0 Å². The zero-order chi connectivity index (χ0) is 17.6. The summed E-state index contributed by atoms with van der Waals surface area (Å²) >= 11 is 0. The summed E-state index contributed by atoms with van der Waals surface area (Å²) in [4.78, 5) is 12.7. The molecule has 3 rings (SSSR count). The molecular weight excluding hydrogens is 320 g/mol. The lowest BCUT2D eigenvalue weighted by Crippen LogP contribution is -2.28. The van der Waals surface area contributed by atoms with Gasteiger partial charge in [0.2, 0.25) is 5.91 Å². The van der Waals surface area contributed by atoms with E-state index in [-0.39, 0.29) is 17.7 Å². The quantitative estimate of drug-likeness (QED) is 0.742. The zero-order valence-electron chi connectivity index (χ0n) is 14.6. The molecule has 1 aromatic heterocycles. The Kier molecular flexibility index (Phi) is 5.67. The van der Waals surface area contributed by atoms with Gasteiger partial charge in [0.1, 0.15) is 12.4 Å². The lowest BCUT2D eigenvalue weighted by molar-refractivity contribution is -0.119. The summed E-state index contributed by atoms with van der Waals surface area (Å²) < 4.78 is 12.2. The minimum absolute atomic E-state index is 0.0203. The molecule has 2 N–H and O–H groups in total. The third-order valence-electron chi connectivity index (χ3n) is 4.38. The molecule has 0 radical (unpaired) electrons. The summed E-state index contributed by atoms with van der Waals surface area (Å²) in [5.41, 5.74) is 1.86. The third kappa shape index (κ3) is 4.37. The molecule has 0 saturated carbocycles. The highest BCUT2D eigenvalue weighted by Crippen LogP contribution is 2.29. The predicted molar refractivity (Wildman–Crippen MR) is 94.8 cm³/mol. The number of nitrogens with zero attached hydrogens (tertiary/aromatic N) is 2. The largest absolute Gasteiger partial charge is 0.491 e. The van der Waals surface area contributed by atoms with Crippen LogP contribution in [0.2, 0.25) is 0 Å². The number of rotatable bonds is 7. The summed E-state index contributed by atoms with van der Waals surface area (Å²) in [6.07, 6.45) is 3.81. The normalized spacial score (nSPS) is 19.8. The first-order valence-electron chi connectivity index (χ1n) is 8.39. The van der Waals surface area contributed by atoms with Crippen LogP contribution in [0.4, 0.5) is 5.69 Å². The number of hydrogen-bond acceptors (Lipinski definition) is 5. The standard InChI is InChI=1S/C18H24N4O3/c1-22-12-13(9-20-22)16-10-19-11-17(16)18(23)21-14-3-5-15(6-4-14)25-8-7-24-2/h3-6,9,12,16-17,19H,7-8,10-11H2,1-2H3,(H,21,23)/t16-,17+/m1/s1. The lowest BCUT2D eigenvalue weighted by Gasteiger charge is -2.17. The van der Waals surface area contributed by atoms with E-state index in [0.29, 0.717) is 19.8 Å². The Labute approximate surface area is 147 Å². The van der Waals surface area contributed by atoms with Crippen LogP contribution in [-0.4, -0.2) is 49.1 Å². The number of benzene rings is 1. The van der Waals surface area contributed by atoms with Crippen molar-refractivity contribution in [2.24, 2.45) is 13.0 Å². The second-order valence-corrected chi connectivity index (χ2v) is 6.17. The molecule has 7 nitrogen and oxygen atoms in total. The van der Waals surface area contributed by atoms with Crippen molar-refractivity contribution in [3.8, 4) is 5.75 Å². The third-order valence-corrected chi connectivity index (χ3v) is 4.38. The van der Waals surface area contributed by atoms with E-state index in [4.69, 9.17) is 9.47 Å². The molecule has 0 bridgehead atoms. The highest BCUT2D eigenvalue weighted by molar-refractivity contribution is 5.93. The van der Waals surface area contributed by atoms with Gasteiger partial charge in [-0.3, -0.25) is 9.48 Å². The second-order valence-electron chi connectivity index (χ2n) is 6.17. The van der Waals surface area contributed by atoms with E-state index in [1.54, 1.807) is 11.8 Å². The van der Waals surface area contributed by atoms with Gasteiger partial charge < -0.3 is 20.1 Å². The molecular formula is C18H24N4O3. The zero-order valence-corrected chi connectivity index (χ0v) is 14.6. The van der Waals surface area contributed by atoms with Crippen molar-refractivity contribution in [3.63, 3.8) is 0 Å². The molecule has 134 valence electrons. The topological polar surface area (TPSA) is 77.4 Å². The molecule has 1 amide bonds. The minimum Gasteiger partial charge on any atom is -0.491 e. The molecule has 25 heavy (non-hydrogen) atoms. The minimum atomic E-state index is -0.109. The van der Waals surface area contributed by atoms with E-state index >= 15 is 0 Å². The molecule has 2 atom stereocenters. The van der Waals surface area contributed by atoms with Gasteiger partial charge in [0.15, 0.2) is 0 Å². The van der Waals surface area contributed by atoms with Crippen LogP contribution >= 0.6 is 0 Å². The maximum atomic E-state index is 12.7. The summed E-state index contributed by atoms with van der Waals surface area (Å²) in [7, 11) is 3.52. The van der Waals surface area contributed by atoms with Crippen LogP contribution in [0.3, 0.4) is 0 Å². The Morgan fingerprint density at radius 3 is 2.80 bits per heavy atom.